The van der Waals surface area contributed by atoms with Crippen molar-refractivity contribution in [2.45, 2.75) is 30.9 Å². The van der Waals surface area contributed by atoms with Crippen molar-refractivity contribution in [3.8, 4) is 0 Å². The first-order chi connectivity index (χ1) is 6.94. The summed E-state index contributed by atoms with van der Waals surface area (Å²) in [6, 6.07) is 1.44. The number of rotatable bonds is 1. The second-order valence-electron chi connectivity index (χ2n) is 3.83. The van der Waals surface area contributed by atoms with Crippen LogP contribution in [0, 0.1) is 0 Å². The summed E-state index contributed by atoms with van der Waals surface area (Å²) >= 11 is 1.29. The Morgan fingerprint density at radius 2 is 2.27 bits per heavy atom. The maximum absolute atomic E-state index is 12.1. The predicted molar refractivity (Wildman–Crippen MR) is 58.3 cm³/mol. The van der Waals surface area contributed by atoms with Gasteiger partial charge in [0, 0.05) is 12.6 Å². The van der Waals surface area contributed by atoms with Crippen LogP contribution in [0.15, 0.2) is 16.3 Å². The zero-order chi connectivity index (χ0) is 11.2. The van der Waals surface area contributed by atoms with Crippen LogP contribution in [0.4, 0.5) is 0 Å². The lowest BCUT2D eigenvalue weighted by Crippen LogP contribution is -2.43. The molecule has 2 rings (SSSR count). The van der Waals surface area contributed by atoms with E-state index in [1.54, 1.807) is 11.4 Å². The topological polar surface area (TPSA) is 57.6 Å². The van der Waals surface area contributed by atoms with Crippen molar-refractivity contribution in [2.24, 2.45) is 0 Å². The van der Waals surface area contributed by atoms with E-state index < -0.39 is 16.1 Å². The molecule has 1 aromatic heterocycles. The monoisotopic (exact) mass is 247 g/mol. The second-order valence-corrected chi connectivity index (χ2v) is 6.64. The molecule has 1 aliphatic rings. The van der Waals surface area contributed by atoms with Crippen LogP contribution in [-0.2, 0) is 10.0 Å². The summed E-state index contributed by atoms with van der Waals surface area (Å²) in [4.78, 5) is 0.826. The van der Waals surface area contributed by atoms with E-state index in [0.29, 0.717) is 4.88 Å². The van der Waals surface area contributed by atoms with Gasteiger partial charge in [-0.1, -0.05) is 0 Å². The second kappa shape index (κ2) is 3.55. The van der Waals surface area contributed by atoms with Gasteiger partial charge in [0.15, 0.2) is 0 Å². The highest BCUT2D eigenvalue weighted by molar-refractivity contribution is 7.89. The molecule has 0 amide bonds. The molecule has 0 unspecified atom stereocenters. The van der Waals surface area contributed by atoms with Crippen LogP contribution >= 0.6 is 11.3 Å². The molecular formula is C9H13NO3S2. The van der Waals surface area contributed by atoms with Gasteiger partial charge in [0.1, 0.15) is 6.10 Å². The lowest BCUT2D eigenvalue weighted by molar-refractivity contribution is 0.132. The van der Waals surface area contributed by atoms with Gasteiger partial charge in [-0.15, -0.1) is 11.3 Å². The third kappa shape index (κ3) is 1.61. The molecule has 0 saturated heterocycles. The van der Waals surface area contributed by atoms with Gasteiger partial charge < -0.3 is 5.11 Å². The summed E-state index contributed by atoms with van der Waals surface area (Å²) in [5.74, 6) is 0. The smallest absolute Gasteiger partial charge is 0.244 e. The quantitative estimate of drug-likeness (QED) is 0.811. The molecule has 6 heteroatoms. The standard InChI is InChI=1S/C9H13NO3S2/c1-6(2)10-5-7(11)9-8(3-4-14-9)15(10,12)13/h3-4,6-7,11H,5H2,1-2H3/t7-/m0/s1. The number of fused-ring (bicyclic) bond motifs is 1. The Balaban J connectivity index is 2.57. The molecular weight excluding hydrogens is 234 g/mol. The molecule has 15 heavy (non-hydrogen) atoms. The highest BCUT2D eigenvalue weighted by Gasteiger charge is 2.38. The molecule has 0 fully saturated rings. The Bertz CT molecular complexity index is 463. The van der Waals surface area contributed by atoms with Gasteiger partial charge in [0.2, 0.25) is 10.0 Å². The Labute approximate surface area is 93.2 Å². The number of hydrogen-bond donors (Lipinski definition) is 1. The van der Waals surface area contributed by atoms with Crippen LogP contribution < -0.4 is 0 Å². The van der Waals surface area contributed by atoms with E-state index in [9.17, 15) is 13.5 Å². The largest absolute Gasteiger partial charge is 0.386 e. The predicted octanol–water partition coefficient (Wildman–Crippen LogP) is 1.19. The third-order valence-electron chi connectivity index (χ3n) is 2.48. The molecule has 0 radical (unpaired) electrons. The van der Waals surface area contributed by atoms with Gasteiger partial charge >= 0.3 is 0 Å². The minimum atomic E-state index is -3.39. The van der Waals surface area contributed by atoms with E-state index in [2.05, 4.69) is 0 Å². The molecule has 84 valence electrons. The molecule has 0 aliphatic carbocycles. The summed E-state index contributed by atoms with van der Waals surface area (Å²) in [5, 5.41) is 11.5. The molecule has 1 atom stereocenters. The molecule has 0 spiro atoms. The fourth-order valence-electron chi connectivity index (χ4n) is 1.73. The molecule has 0 saturated carbocycles. The van der Waals surface area contributed by atoms with E-state index in [1.165, 1.54) is 15.6 Å². The van der Waals surface area contributed by atoms with E-state index in [0.717, 1.165) is 0 Å². The molecule has 1 aromatic rings. The fourth-order valence-corrected chi connectivity index (χ4v) is 4.82. The summed E-state index contributed by atoms with van der Waals surface area (Å²) < 4.78 is 25.5. The fraction of sp³-hybridized carbons (Fsp3) is 0.556. The summed E-state index contributed by atoms with van der Waals surface area (Å²) in [7, 11) is -3.39. The summed E-state index contributed by atoms with van der Waals surface area (Å²) in [6.45, 7) is 3.77. The summed E-state index contributed by atoms with van der Waals surface area (Å²) in [6.07, 6.45) is -0.689. The van der Waals surface area contributed by atoms with Gasteiger partial charge in [-0.2, -0.15) is 4.31 Å². The number of nitrogens with zero attached hydrogens (tertiary/aromatic N) is 1. The van der Waals surface area contributed by atoms with E-state index in [1.807, 2.05) is 13.8 Å². The van der Waals surface area contributed by atoms with Gasteiger partial charge in [-0.25, -0.2) is 8.42 Å². The number of sulfonamides is 1. The number of β-amino-alcohol motifs (C(OH)–C–C–N with tert-alkyl or cyclic N) is 1. The van der Waals surface area contributed by atoms with E-state index in [-0.39, 0.29) is 17.5 Å². The minimum Gasteiger partial charge on any atom is -0.386 e. The number of aliphatic hydroxyl groups is 1. The molecule has 4 nitrogen and oxygen atoms in total. The lowest BCUT2D eigenvalue weighted by atomic mass is 10.2. The van der Waals surface area contributed by atoms with Crippen molar-refractivity contribution >= 4 is 21.4 Å². The zero-order valence-electron chi connectivity index (χ0n) is 8.54. The Kier molecular flexibility index (Phi) is 2.62. The number of hydrogen-bond acceptors (Lipinski definition) is 4. The third-order valence-corrected chi connectivity index (χ3v) is 5.72. The van der Waals surface area contributed by atoms with Gasteiger partial charge in [0.05, 0.1) is 9.77 Å². The van der Waals surface area contributed by atoms with Crippen LogP contribution in [0.3, 0.4) is 0 Å². The SMILES string of the molecule is CC(C)N1C[C@H](O)c2sccc2S1(=O)=O. The average molecular weight is 247 g/mol. The van der Waals surface area contributed by atoms with Crippen LogP contribution in [-0.4, -0.2) is 30.4 Å². The van der Waals surface area contributed by atoms with Crippen LogP contribution in [0.1, 0.15) is 24.8 Å². The Morgan fingerprint density at radius 3 is 2.87 bits per heavy atom. The normalized spacial score (nSPS) is 25.5. The van der Waals surface area contributed by atoms with Crippen molar-refractivity contribution in [2.75, 3.05) is 6.54 Å². The van der Waals surface area contributed by atoms with Crippen molar-refractivity contribution < 1.29 is 13.5 Å². The molecule has 1 aliphatic heterocycles. The molecule has 0 bridgehead atoms. The molecule has 2 heterocycles. The van der Waals surface area contributed by atoms with Crippen LogP contribution in [0.5, 0.6) is 0 Å². The Morgan fingerprint density at radius 1 is 1.60 bits per heavy atom. The first-order valence-electron chi connectivity index (χ1n) is 4.72. The van der Waals surface area contributed by atoms with Gasteiger partial charge in [-0.3, -0.25) is 0 Å². The highest BCUT2D eigenvalue weighted by Crippen LogP contribution is 2.36. The highest BCUT2D eigenvalue weighted by atomic mass is 32.2. The Hall–Kier alpha value is -0.430. The van der Waals surface area contributed by atoms with Crippen molar-refractivity contribution in [3.63, 3.8) is 0 Å². The first kappa shape index (κ1) is 11.1. The van der Waals surface area contributed by atoms with E-state index >= 15 is 0 Å². The van der Waals surface area contributed by atoms with E-state index in [4.69, 9.17) is 0 Å². The lowest BCUT2D eigenvalue weighted by Gasteiger charge is -2.32. The minimum absolute atomic E-state index is 0.127. The first-order valence-corrected chi connectivity index (χ1v) is 7.04. The zero-order valence-corrected chi connectivity index (χ0v) is 10.2. The van der Waals surface area contributed by atoms with Crippen molar-refractivity contribution in [1.29, 1.82) is 0 Å². The van der Waals surface area contributed by atoms with Gasteiger partial charge in [0.25, 0.3) is 0 Å². The maximum atomic E-state index is 12.1. The van der Waals surface area contributed by atoms with Crippen molar-refractivity contribution in [1.82, 2.24) is 4.31 Å². The summed E-state index contributed by atoms with van der Waals surface area (Å²) in [5.41, 5.74) is 0. The number of aliphatic hydroxyl groups excluding tert-OH is 1. The molecule has 1 N–H and O–H groups in total. The molecule has 0 aromatic carbocycles. The average Bonchev–Trinajstić information content (AvgIpc) is 2.60. The van der Waals surface area contributed by atoms with Crippen LogP contribution in [0.25, 0.3) is 0 Å². The van der Waals surface area contributed by atoms with Crippen LogP contribution in [0.2, 0.25) is 0 Å². The van der Waals surface area contributed by atoms with Crippen molar-refractivity contribution in [3.05, 3.63) is 16.3 Å². The van der Waals surface area contributed by atoms with Gasteiger partial charge in [-0.05, 0) is 25.3 Å². The maximum Gasteiger partial charge on any atom is 0.244 e. The number of thiophene rings is 1.